The molecule has 1 heterocycles. The monoisotopic (exact) mass is 534 g/mol. The summed E-state index contributed by atoms with van der Waals surface area (Å²) in [5.41, 5.74) is 5.65. The van der Waals surface area contributed by atoms with Gasteiger partial charge in [0.2, 0.25) is 0 Å². The summed E-state index contributed by atoms with van der Waals surface area (Å²) in [6.07, 6.45) is -4.15. The molecule has 10 heteroatoms. The lowest BCUT2D eigenvalue weighted by Gasteiger charge is -2.09. The minimum absolute atomic E-state index is 0. The molecule has 5 nitrogen and oxygen atoms in total. The highest BCUT2D eigenvalue weighted by Gasteiger charge is 2.33. The van der Waals surface area contributed by atoms with E-state index in [2.05, 4.69) is 15.3 Å². The van der Waals surface area contributed by atoms with E-state index in [1.807, 2.05) is 42.5 Å². The Bertz CT molecular complexity index is 948. The zero-order valence-electron chi connectivity index (χ0n) is 15.0. The largest absolute Gasteiger partial charge is 0.457 e. The molecule has 154 valence electrons. The molecule has 0 atom stereocenters. The standard InChI is InChI=1S/C19H17F3N4OS.HI/c20-19(21,22)16-12-28-17(26-16)9-10-24-18(23)25-13-5-4-8-15(11-13)27-14-6-2-1-3-7-14;/h1-8,11-12H,9-10H2,(H3,23,24,25);1H. The van der Waals surface area contributed by atoms with E-state index in [1.165, 1.54) is 0 Å². The molecular formula is C19H18F3IN4OS. The van der Waals surface area contributed by atoms with Crippen LogP contribution in [0.25, 0.3) is 0 Å². The van der Waals surface area contributed by atoms with Crippen LogP contribution in [0.2, 0.25) is 0 Å². The first-order valence-electron chi connectivity index (χ1n) is 8.32. The van der Waals surface area contributed by atoms with Crippen LogP contribution in [-0.4, -0.2) is 17.5 Å². The number of para-hydroxylation sites is 1. The fraction of sp³-hybridized carbons (Fsp3) is 0.158. The molecule has 0 aliphatic heterocycles. The Morgan fingerprint density at radius 1 is 1.10 bits per heavy atom. The average molecular weight is 534 g/mol. The lowest BCUT2D eigenvalue weighted by Crippen LogP contribution is -2.23. The number of halogens is 4. The molecule has 0 aliphatic carbocycles. The Kier molecular flexibility index (Phi) is 8.26. The molecule has 0 saturated carbocycles. The number of nitrogens with zero attached hydrogens (tertiary/aromatic N) is 2. The third-order valence-electron chi connectivity index (χ3n) is 3.54. The van der Waals surface area contributed by atoms with Crippen molar-refractivity contribution < 1.29 is 17.9 Å². The van der Waals surface area contributed by atoms with E-state index in [0.29, 0.717) is 22.2 Å². The van der Waals surface area contributed by atoms with Crippen molar-refractivity contribution in [3.8, 4) is 11.5 Å². The molecule has 0 saturated heterocycles. The normalized spacial score (nSPS) is 11.6. The first-order valence-corrected chi connectivity index (χ1v) is 9.19. The number of alkyl halides is 3. The fourth-order valence-corrected chi connectivity index (χ4v) is 3.07. The molecule has 0 aliphatic rings. The number of benzene rings is 2. The summed E-state index contributed by atoms with van der Waals surface area (Å²) < 4.78 is 43.4. The molecule has 3 aromatic rings. The van der Waals surface area contributed by atoms with Gasteiger partial charge in [-0.05, 0) is 24.3 Å². The maximum absolute atomic E-state index is 12.5. The average Bonchev–Trinajstić information content (AvgIpc) is 3.12. The minimum atomic E-state index is -4.43. The topological polar surface area (TPSA) is 72.5 Å². The second-order valence-electron chi connectivity index (χ2n) is 5.71. The zero-order chi connectivity index (χ0) is 20.0. The quantitative estimate of drug-likeness (QED) is 0.248. The Hall–Kier alpha value is -2.34. The van der Waals surface area contributed by atoms with Gasteiger partial charge in [0.25, 0.3) is 0 Å². The summed E-state index contributed by atoms with van der Waals surface area (Å²) in [6.45, 7) is 0.226. The molecule has 1 aromatic heterocycles. The molecule has 0 radical (unpaired) electrons. The molecule has 0 unspecified atom stereocenters. The highest BCUT2D eigenvalue weighted by Crippen LogP contribution is 2.30. The van der Waals surface area contributed by atoms with Crippen molar-refractivity contribution in [1.29, 1.82) is 0 Å². The summed E-state index contributed by atoms with van der Waals surface area (Å²) in [4.78, 5) is 7.69. The van der Waals surface area contributed by atoms with Crippen molar-refractivity contribution in [3.63, 3.8) is 0 Å². The number of anilines is 1. The van der Waals surface area contributed by atoms with Gasteiger partial charge in [-0.3, -0.25) is 4.99 Å². The van der Waals surface area contributed by atoms with Gasteiger partial charge in [0.05, 0.1) is 5.01 Å². The van der Waals surface area contributed by atoms with Crippen molar-refractivity contribution in [2.24, 2.45) is 10.7 Å². The van der Waals surface area contributed by atoms with Gasteiger partial charge in [0.15, 0.2) is 11.7 Å². The first-order chi connectivity index (χ1) is 13.4. The van der Waals surface area contributed by atoms with Crippen molar-refractivity contribution in [2.45, 2.75) is 12.6 Å². The summed E-state index contributed by atoms with van der Waals surface area (Å²) in [5.74, 6) is 1.50. The van der Waals surface area contributed by atoms with Crippen molar-refractivity contribution in [2.75, 3.05) is 11.9 Å². The third kappa shape index (κ3) is 7.20. The van der Waals surface area contributed by atoms with Crippen LogP contribution in [0.3, 0.4) is 0 Å². The van der Waals surface area contributed by atoms with E-state index in [4.69, 9.17) is 10.5 Å². The van der Waals surface area contributed by atoms with Gasteiger partial charge in [-0.15, -0.1) is 35.3 Å². The van der Waals surface area contributed by atoms with Gasteiger partial charge in [0.1, 0.15) is 11.5 Å². The summed E-state index contributed by atoms with van der Waals surface area (Å²) in [7, 11) is 0. The van der Waals surface area contributed by atoms with Crippen molar-refractivity contribution >= 4 is 47.0 Å². The molecule has 0 spiro atoms. The van der Waals surface area contributed by atoms with Crippen molar-refractivity contribution in [3.05, 3.63) is 70.7 Å². The van der Waals surface area contributed by atoms with E-state index < -0.39 is 11.9 Å². The first kappa shape index (κ1) is 22.9. The van der Waals surface area contributed by atoms with Gasteiger partial charge in [0, 0.05) is 30.1 Å². The van der Waals surface area contributed by atoms with E-state index in [0.717, 1.165) is 16.7 Å². The van der Waals surface area contributed by atoms with Gasteiger partial charge in [-0.25, -0.2) is 4.98 Å². The van der Waals surface area contributed by atoms with Crippen LogP contribution in [0.1, 0.15) is 10.7 Å². The van der Waals surface area contributed by atoms with Gasteiger partial charge >= 0.3 is 6.18 Å². The number of hydrogen-bond donors (Lipinski definition) is 2. The SMILES string of the molecule is I.NC(=NCCc1nc(C(F)(F)F)cs1)Nc1cccc(Oc2ccccc2)c1. The van der Waals surface area contributed by atoms with Crippen LogP contribution in [0, 0.1) is 0 Å². The Morgan fingerprint density at radius 2 is 1.83 bits per heavy atom. The predicted octanol–water partition coefficient (Wildman–Crippen LogP) is 5.54. The van der Waals surface area contributed by atoms with Crippen LogP contribution in [0.5, 0.6) is 11.5 Å². The molecule has 0 bridgehead atoms. The molecule has 0 fully saturated rings. The smallest absolute Gasteiger partial charge is 0.434 e. The highest BCUT2D eigenvalue weighted by molar-refractivity contribution is 14.0. The van der Waals surface area contributed by atoms with Gasteiger partial charge < -0.3 is 15.8 Å². The van der Waals surface area contributed by atoms with Crippen LogP contribution >= 0.6 is 35.3 Å². The number of aromatic nitrogens is 1. The second-order valence-corrected chi connectivity index (χ2v) is 6.65. The minimum Gasteiger partial charge on any atom is -0.457 e. The van der Waals surface area contributed by atoms with Crippen LogP contribution in [0.4, 0.5) is 18.9 Å². The third-order valence-corrected chi connectivity index (χ3v) is 4.44. The molecule has 3 rings (SSSR count). The summed E-state index contributed by atoms with van der Waals surface area (Å²) in [5, 5.41) is 4.30. The molecule has 29 heavy (non-hydrogen) atoms. The number of hydrogen-bond acceptors (Lipinski definition) is 4. The zero-order valence-corrected chi connectivity index (χ0v) is 18.2. The van der Waals surface area contributed by atoms with E-state index in [9.17, 15) is 13.2 Å². The molecule has 0 amide bonds. The second kappa shape index (κ2) is 10.4. The summed E-state index contributed by atoms with van der Waals surface area (Å²) >= 11 is 0.957. The van der Waals surface area contributed by atoms with Crippen LogP contribution < -0.4 is 15.8 Å². The van der Waals surface area contributed by atoms with Crippen LogP contribution in [0.15, 0.2) is 65.0 Å². The number of aliphatic imine (C=N–C) groups is 1. The van der Waals surface area contributed by atoms with E-state index >= 15 is 0 Å². The highest BCUT2D eigenvalue weighted by atomic mass is 127. The Morgan fingerprint density at radius 3 is 2.52 bits per heavy atom. The Balaban J connectivity index is 0.00000300. The number of guanidine groups is 1. The summed E-state index contributed by atoms with van der Waals surface area (Å²) in [6, 6.07) is 16.5. The Labute approximate surface area is 186 Å². The number of ether oxygens (including phenoxy) is 1. The molecular weight excluding hydrogens is 516 g/mol. The number of nitrogens with one attached hydrogen (secondary N) is 1. The maximum Gasteiger partial charge on any atom is 0.434 e. The van der Waals surface area contributed by atoms with E-state index in [1.54, 1.807) is 12.1 Å². The molecule has 2 aromatic carbocycles. The van der Waals surface area contributed by atoms with Gasteiger partial charge in [-0.2, -0.15) is 13.2 Å². The fourth-order valence-electron chi connectivity index (χ4n) is 2.28. The number of rotatable bonds is 6. The number of nitrogens with two attached hydrogens (primary N) is 1. The lowest BCUT2D eigenvalue weighted by molar-refractivity contribution is -0.140. The van der Waals surface area contributed by atoms with Crippen LogP contribution in [-0.2, 0) is 12.6 Å². The maximum atomic E-state index is 12.5. The van der Waals surface area contributed by atoms with E-state index in [-0.39, 0.29) is 42.9 Å². The van der Waals surface area contributed by atoms with Crippen molar-refractivity contribution in [1.82, 2.24) is 4.98 Å². The molecule has 3 N–H and O–H groups in total. The van der Waals surface area contributed by atoms with Gasteiger partial charge in [-0.1, -0.05) is 24.3 Å². The lowest BCUT2D eigenvalue weighted by atomic mass is 10.3. The number of thiazole rings is 1. The predicted molar refractivity (Wildman–Crippen MR) is 119 cm³/mol.